The number of carbonyl (C=O) groups is 1. The number of hydrogen-bond donors (Lipinski definition) is 0. The van der Waals surface area contributed by atoms with Gasteiger partial charge in [-0.3, -0.25) is 14.5 Å². The number of rotatable bonds is 5. The number of nitrogens with zero attached hydrogens (tertiary/aromatic N) is 4. The molecule has 0 unspecified atom stereocenters. The molecule has 2 aromatic heterocycles. The minimum absolute atomic E-state index is 0.0292. The zero-order valence-corrected chi connectivity index (χ0v) is 13.9. The number of aryl methyl sites for hydroxylation is 1. The summed E-state index contributed by atoms with van der Waals surface area (Å²) in [6, 6.07) is 3.60. The first-order chi connectivity index (χ1) is 11.7. The Morgan fingerprint density at radius 2 is 2.29 bits per heavy atom. The number of hydrogen-bond acceptors (Lipinski definition) is 4. The highest BCUT2D eigenvalue weighted by atomic mass is 16.5. The topological polar surface area (TPSA) is 60.2 Å². The van der Waals surface area contributed by atoms with Crippen LogP contribution in [0.3, 0.4) is 0 Å². The molecule has 0 N–H and O–H groups in total. The van der Waals surface area contributed by atoms with Crippen molar-refractivity contribution in [1.29, 1.82) is 0 Å². The van der Waals surface area contributed by atoms with Crippen LogP contribution in [0.15, 0.2) is 24.5 Å². The van der Waals surface area contributed by atoms with E-state index in [0.29, 0.717) is 25.3 Å². The summed E-state index contributed by atoms with van der Waals surface area (Å²) in [6.45, 7) is 2.73. The van der Waals surface area contributed by atoms with Gasteiger partial charge in [0.2, 0.25) is 0 Å². The third-order valence-corrected chi connectivity index (χ3v) is 4.82. The molecule has 0 saturated heterocycles. The van der Waals surface area contributed by atoms with Gasteiger partial charge in [0.25, 0.3) is 5.91 Å². The number of carbonyl (C=O) groups excluding carboxylic acids is 1. The molecule has 126 valence electrons. The van der Waals surface area contributed by atoms with Crippen LogP contribution in [-0.2, 0) is 31.4 Å². The summed E-state index contributed by atoms with van der Waals surface area (Å²) in [6.07, 6.45) is 6.73. The summed E-state index contributed by atoms with van der Waals surface area (Å²) < 4.78 is 7.70. The lowest BCUT2D eigenvalue weighted by atomic mass is 10.0. The van der Waals surface area contributed by atoms with Crippen LogP contribution in [0.5, 0.6) is 0 Å². The summed E-state index contributed by atoms with van der Waals surface area (Å²) in [5.74, 6) is 0.790. The smallest absolute Gasteiger partial charge is 0.255 e. The predicted molar refractivity (Wildman–Crippen MR) is 88.3 cm³/mol. The predicted octanol–water partition coefficient (Wildman–Crippen LogP) is 1.94. The Morgan fingerprint density at radius 1 is 1.42 bits per heavy atom. The monoisotopic (exact) mass is 326 g/mol. The van der Waals surface area contributed by atoms with Crippen LogP contribution in [-0.4, -0.2) is 38.7 Å². The molecule has 0 aromatic carbocycles. The molecule has 4 rings (SSSR count). The number of pyridine rings is 1. The van der Waals surface area contributed by atoms with Crippen LogP contribution in [0.2, 0.25) is 0 Å². The van der Waals surface area contributed by atoms with Gasteiger partial charge in [0.05, 0.1) is 30.1 Å². The Hall–Kier alpha value is -2.21. The molecule has 1 saturated carbocycles. The van der Waals surface area contributed by atoms with Gasteiger partial charge in [-0.2, -0.15) is 5.10 Å². The summed E-state index contributed by atoms with van der Waals surface area (Å²) in [7, 11) is 1.95. The Bertz CT molecular complexity index is 737. The van der Waals surface area contributed by atoms with Gasteiger partial charge in [-0.25, -0.2) is 0 Å². The first kappa shape index (κ1) is 15.3. The second-order valence-corrected chi connectivity index (χ2v) is 6.67. The van der Waals surface area contributed by atoms with Crippen molar-refractivity contribution < 1.29 is 9.53 Å². The highest BCUT2D eigenvalue weighted by Gasteiger charge is 2.27. The fourth-order valence-corrected chi connectivity index (χ4v) is 3.22. The Morgan fingerprint density at radius 3 is 3.04 bits per heavy atom. The van der Waals surface area contributed by atoms with Gasteiger partial charge in [-0.1, -0.05) is 0 Å². The molecular weight excluding hydrogens is 304 g/mol. The molecule has 1 aliphatic carbocycles. The molecule has 0 spiro atoms. The van der Waals surface area contributed by atoms with Crippen molar-refractivity contribution in [3.8, 4) is 0 Å². The average molecular weight is 326 g/mol. The first-order valence-electron chi connectivity index (χ1n) is 8.53. The summed E-state index contributed by atoms with van der Waals surface area (Å²) in [4.78, 5) is 18.5. The normalized spacial score (nSPS) is 17.0. The molecule has 1 amide bonds. The lowest BCUT2D eigenvalue weighted by Gasteiger charge is -2.27. The second-order valence-electron chi connectivity index (χ2n) is 6.67. The van der Waals surface area contributed by atoms with Crippen molar-refractivity contribution in [3.63, 3.8) is 0 Å². The fraction of sp³-hybridized carbons (Fsp3) is 0.500. The molecule has 3 heterocycles. The lowest BCUT2D eigenvalue weighted by molar-refractivity contribution is 0.0729. The molecule has 0 radical (unpaired) electrons. The minimum Gasteiger partial charge on any atom is -0.375 e. The van der Waals surface area contributed by atoms with Crippen LogP contribution in [0, 0.1) is 5.92 Å². The summed E-state index contributed by atoms with van der Waals surface area (Å²) in [5.41, 5.74) is 4.03. The van der Waals surface area contributed by atoms with E-state index in [9.17, 15) is 4.79 Å². The van der Waals surface area contributed by atoms with Gasteiger partial charge in [-0.05, 0) is 37.3 Å². The molecular formula is C18H22N4O2. The molecule has 2 aromatic rings. The van der Waals surface area contributed by atoms with Crippen molar-refractivity contribution in [2.24, 2.45) is 13.0 Å². The SMILES string of the molecule is Cn1nc(COCC2CC2)c2c1CN(C(=O)c1cccnc1)CC2. The third kappa shape index (κ3) is 3.06. The molecule has 6 nitrogen and oxygen atoms in total. The van der Waals surface area contributed by atoms with Gasteiger partial charge < -0.3 is 9.64 Å². The third-order valence-electron chi connectivity index (χ3n) is 4.82. The van der Waals surface area contributed by atoms with E-state index in [4.69, 9.17) is 4.74 Å². The highest BCUT2D eigenvalue weighted by molar-refractivity contribution is 5.94. The van der Waals surface area contributed by atoms with Gasteiger partial charge >= 0.3 is 0 Å². The zero-order chi connectivity index (χ0) is 16.5. The van der Waals surface area contributed by atoms with Crippen molar-refractivity contribution in [2.75, 3.05) is 13.2 Å². The summed E-state index contributed by atoms with van der Waals surface area (Å²) >= 11 is 0. The van der Waals surface area contributed by atoms with Crippen LogP contribution < -0.4 is 0 Å². The van der Waals surface area contributed by atoms with Crippen LogP contribution >= 0.6 is 0 Å². The van der Waals surface area contributed by atoms with Crippen molar-refractivity contribution >= 4 is 5.91 Å². The number of ether oxygens (including phenoxy) is 1. The van der Waals surface area contributed by atoms with E-state index in [2.05, 4.69) is 10.1 Å². The highest BCUT2D eigenvalue weighted by Crippen LogP contribution is 2.29. The maximum absolute atomic E-state index is 12.6. The van der Waals surface area contributed by atoms with Crippen LogP contribution in [0.1, 0.15) is 40.2 Å². The van der Waals surface area contributed by atoms with E-state index >= 15 is 0 Å². The van der Waals surface area contributed by atoms with E-state index in [1.165, 1.54) is 18.4 Å². The maximum atomic E-state index is 12.6. The van der Waals surface area contributed by atoms with E-state index in [0.717, 1.165) is 30.3 Å². The maximum Gasteiger partial charge on any atom is 0.255 e. The molecule has 1 aliphatic heterocycles. The number of aromatic nitrogens is 3. The second kappa shape index (κ2) is 6.36. The van der Waals surface area contributed by atoms with Crippen molar-refractivity contribution in [1.82, 2.24) is 19.7 Å². The standard InChI is InChI=1S/C18H22N4O2/c1-21-17-10-22(18(23)14-3-2-7-19-9-14)8-6-15(17)16(20-21)12-24-11-13-4-5-13/h2-3,7,9,13H,4-6,8,10-12H2,1H3. The Balaban J connectivity index is 1.46. The Labute approximate surface area is 141 Å². The molecule has 0 bridgehead atoms. The van der Waals surface area contributed by atoms with E-state index in [1.54, 1.807) is 18.5 Å². The van der Waals surface area contributed by atoms with E-state index in [1.807, 2.05) is 22.7 Å². The van der Waals surface area contributed by atoms with Crippen molar-refractivity contribution in [3.05, 3.63) is 47.0 Å². The lowest BCUT2D eigenvalue weighted by Crippen LogP contribution is -2.36. The van der Waals surface area contributed by atoms with Gasteiger partial charge in [0.1, 0.15) is 0 Å². The number of fused-ring (bicyclic) bond motifs is 1. The molecule has 0 atom stereocenters. The zero-order valence-electron chi connectivity index (χ0n) is 13.9. The fourth-order valence-electron chi connectivity index (χ4n) is 3.22. The number of amides is 1. The van der Waals surface area contributed by atoms with E-state index < -0.39 is 0 Å². The molecule has 24 heavy (non-hydrogen) atoms. The minimum atomic E-state index is 0.0292. The molecule has 1 fully saturated rings. The Kier molecular flexibility index (Phi) is 4.06. The van der Waals surface area contributed by atoms with Gasteiger partial charge in [0, 0.05) is 38.2 Å². The molecule has 6 heteroatoms. The van der Waals surface area contributed by atoms with Crippen LogP contribution in [0.4, 0.5) is 0 Å². The van der Waals surface area contributed by atoms with E-state index in [-0.39, 0.29) is 5.91 Å². The average Bonchev–Trinajstić information content (AvgIpc) is 3.39. The first-order valence-corrected chi connectivity index (χ1v) is 8.53. The van der Waals surface area contributed by atoms with Gasteiger partial charge in [-0.15, -0.1) is 0 Å². The van der Waals surface area contributed by atoms with Crippen LogP contribution in [0.25, 0.3) is 0 Å². The summed E-state index contributed by atoms with van der Waals surface area (Å²) in [5, 5.41) is 4.62. The molecule has 2 aliphatic rings. The van der Waals surface area contributed by atoms with Crippen molar-refractivity contribution in [2.45, 2.75) is 32.4 Å². The van der Waals surface area contributed by atoms with Gasteiger partial charge in [0.15, 0.2) is 0 Å². The largest absolute Gasteiger partial charge is 0.375 e. The quantitative estimate of drug-likeness (QED) is 0.842.